The van der Waals surface area contributed by atoms with Gasteiger partial charge < -0.3 is 19.3 Å². The summed E-state index contributed by atoms with van der Waals surface area (Å²) in [5.41, 5.74) is 2.69. The summed E-state index contributed by atoms with van der Waals surface area (Å²) >= 11 is 7.81. The molecule has 8 heteroatoms. The van der Waals surface area contributed by atoms with E-state index in [2.05, 4.69) is 0 Å². The van der Waals surface area contributed by atoms with Crippen LogP contribution in [0.2, 0.25) is 5.02 Å². The highest BCUT2D eigenvalue weighted by molar-refractivity contribution is 7.99. The first-order chi connectivity index (χ1) is 17.3. The summed E-state index contributed by atoms with van der Waals surface area (Å²) in [5.74, 6) is -0.0408. The maximum absolute atomic E-state index is 13.8. The van der Waals surface area contributed by atoms with Gasteiger partial charge in [-0.15, -0.1) is 11.8 Å². The van der Waals surface area contributed by atoms with Gasteiger partial charge in [0.15, 0.2) is 6.10 Å². The third-order valence-corrected chi connectivity index (χ3v) is 7.36. The van der Waals surface area contributed by atoms with Crippen LogP contribution in [0.4, 0.5) is 5.69 Å². The predicted octanol–water partition coefficient (Wildman–Crippen LogP) is 5.59. The molecule has 36 heavy (non-hydrogen) atoms. The number of benzene rings is 3. The van der Waals surface area contributed by atoms with Crippen molar-refractivity contribution in [2.45, 2.75) is 29.8 Å². The van der Waals surface area contributed by atoms with Gasteiger partial charge in [0.1, 0.15) is 12.4 Å². The van der Waals surface area contributed by atoms with Gasteiger partial charge in [-0.25, -0.2) is 0 Å². The monoisotopic (exact) mass is 524 g/mol. The number of halogens is 1. The van der Waals surface area contributed by atoms with E-state index in [0.29, 0.717) is 30.5 Å². The van der Waals surface area contributed by atoms with Crippen LogP contribution in [0.25, 0.3) is 0 Å². The van der Waals surface area contributed by atoms with Gasteiger partial charge in [0.25, 0.3) is 5.91 Å². The Labute approximate surface area is 221 Å². The van der Waals surface area contributed by atoms with Crippen molar-refractivity contribution in [3.8, 4) is 5.75 Å². The molecule has 1 aliphatic heterocycles. The number of nitrogens with zero attached hydrogens (tertiary/aromatic N) is 2. The van der Waals surface area contributed by atoms with E-state index in [1.54, 1.807) is 11.0 Å². The van der Waals surface area contributed by atoms with Gasteiger partial charge in [-0.2, -0.15) is 0 Å². The van der Waals surface area contributed by atoms with Gasteiger partial charge in [0.05, 0.1) is 10.9 Å². The topological polar surface area (TPSA) is 59.1 Å². The van der Waals surface area contributed by atoms with Crippen molar-refractivity contribution >= 4 is 40.9 Å². The summed E-state index contributed by atoms with van der Waals surface area (Å²) in [7, 11) is 3.90. The van der Waals surface area contributed by atoms with Gasteiger partial charge in [0.2, 0.25) is 0 Å². The van der Waals surface area contributed by atoms with Crippen molar-refractivity contribution in [2.24, 2.45) is 0 Å². The van der Waals surface area contributed by atoms with E-state index in [9.17, 15) is 9.59 Å². The SMILES string of the molecule is CC(=O)O[C@H]1C(=O)N(CCN(C)C)c2ccc(Cl)cc2S[C@H]1c1ccc(OCc2ccccc2)cc1. The molecule has 0 N–H and O–H groups in total. The third kappa shape index (κ3) is 6.40. The lowest BCUT2D eigenvalue weighted by molar-refractivity contribution is -0.152. The molecule has 0 aliphatic carbocycles. The Morgan fingerprint density at radius 3 is 2.44 bits per heavy atom. The fourth-order valence-electron chi connectivity index (χ4n) is 3.96. The molecule has 188 valence electrons. The molecule has 0 aromatic heterocycles. The first-order valence-corrected chi connectivity index (χ1v) is 12.9. The highest BCUT2D eigenvalue weighted by Crippen LogP contribution is 2.47. The second-order valence-electron chi connectivity index (χ2n) is 8.82. The van der Waals surface area contributed by atoms with E-state index in [1.807, 2.05) is 85.7 Å². The number of fused-ring (bicyclic) bond motifs is 1. The molecule has 4 rings (SSSR count). The quantitative estimate of drug-likeness (QED) is 0.358. The Morgan fingerprint density at radius 1 is 1.06 bits per heavy atom. The van der Waals surface area contributed by atoms with Crippen LogP contribution in [-0.2, 0) is 20.9 Å². The molecular weight excluding hydrogens is 496 g/mol. The Balaban J connectivity index is 1.65. The normalized spacial score (nSPS) is 17.5. The number of likely N-dealkylation sites (N-methyl/N-ethyl adjacent to an activating group) is 1. The predicted molar refractivity (Wildman–Crippen MR) is 144 cm³/mol. The lowest BCUT2D eigenvalue weighted by Gasteiger charge is -2.28. The zero-order chi connectivity index (χ0) is 25.7. The summed E-state index contributed by atoms with van der Waals surface area (Å²) < 4.78 is 11.6. The van der Waals surface area contributed by atoms with E-state index in [0.717, 1.165) is 21.7 Å². The standard InChI is InChI=1S/C28H29ClN2O4S/c1-19(32)35-26-27(21-9-12-23(13-10-21)34-18-20-7-5-4-6-8-20)36-25-17-22(29)11-14-24(25)31(28(26)33)16-15-30(2)3/h4-14,17,26-27H,15-16,18H2,1-3H3/t26-,27+/m1/s1. The fourth-order valence-corrected chi connectivity index (χ4v) is 5.56. The number of ether oxygens (including phenoxy) is 2. The van der Waals surface area contributed by atoms with Crippen molar-refractivity contribution in [3.05, 3.63) is 88.9 Å². The molecule has 0 saturated carbocycles. The maximum Gasteiger partial charge on any atom is 0.303 e. The number of amides is 1. The number of hydrogen-bond donors (Lipinski definition) is 0. The summed E-state index contributed by atoms with van der Waals surface area (Å²) in [6.45, 7) is 2.90. The van der Waals surface area contributed by atoms with Crippen LogP contribution in [0.15, 0.2) is 77.7 Å². The van der Waals surface area contributed by atoms with Gasteiger partial charge in [-0.3, -0.25) is 9.59 Å². The number of anilines is 1. The lowest BCUT2D eigenvalue weighted by atomic mass is 10.1. The minimum atomic E-state index is -0.989. The second-order valence-corrected chi connectivity index (χ2v) is 10.4. The number of thioether (sulfide) groups is 1. The van der Waals surface area contributed by atoms with Crippen LogP contribution < -0.4 is 9.64 Å². The summed E-state index contributed by atoms with van der Waals surface area (Å²) in [6, 6.07) is 23.0. The van der Waals surface area contributed by atoms with Crippen LogP contribution in [0.5, 0.6) is 5.75 Å². The van der Waals surface area contributed by atoms with E-state index in [1.165, 1.54) is 18.7 Å². The molecule has 6 nitrogen and oxygen atoms in total. The number of carbonyl (C=O) groups excluding carboxylic acids is 2. The average molecular weight is 525 g/mol. The first kappa shape index (κ1) is 26.1. The molecule has 1 amide bonds. The van der Waals surface area contributed by atoms with Crippen molar-refractivity contribution in [3.63, 3.8) is 0 Å². The van der Waals surface area contributed by atoms with Crippen molar-refractivity contribution in [1.82, 2.24) is 4.90 Å². The Morgan fingerprint density at radius 2 is 1.78 bits per heavy atom. The Hall–Kier alpha value is -3.00. The Kier molecular flexibility index (Phi) is 8.56. The van der Waals surface area contributed by atoms with Crippen LogP contribution in [0.3, 0.4) is 0 Å². The number of carbonyl (C=O) groups is 2. The molecule has 3 aromatic carbocycles. The average Bonchev–Trinajstić information content (AvgIpc) is 2.96. The van der Waals surface area contributed by atoms with Crippen LogP contribution in [0.1, 0.15) is 23.3 Å². The molecule has 0 unspecified atom stereocenters. The van der Waals surface area contributed by atoms with Crippen molar-refractivity contribution in [2.75, 3.05) is 32.1 Å². The van der Waals surface area contributed by atoms with Gasteiger partial charge in [0, 0.05) is 29.9 Å². The van der Waals surface area contributed by atoms with Crippen molar-refractivity contribution < 1.29 is 19.1 Å². The first-order valence-electron chi connectivity index (χ1n) is 11.7. The lowest BCUT2D eigenvalue weighted by Crippen LogP contribution is -2.45. The van der Waals surface area contributed by atoms with Crippen molar-refractivity contribution in [1.29, 1.82) is 0 Å². The van der Waals surface area contributed by atoms with Gasteiger partial charge in [-0.05, 0) is 55.6 Å². The highest BCUT2D eigenvalue weighted by Gasteiger charge is 2.40. The molecule has 1 heterocycles. The van der Waals surface area contributed by atoms with Gasteiger partial charge >= 0.3 is 5.97 Å². The van der Waals surface area contributed by atoms with E-state index < -0.39 is 17.3 Å². The van der Waals surface area contributed by atoms with E-state index in [-0.39, 0.29) is 5.91 Å². The fraction of sp³-hybridized carbons (Fsp3) is 0.286. The highest BCUT2D eigenvalue weighted by atomic mass is 35.5. The van der Waals surface area contributed by atoms with Gasteiger partial charge in [-0.1, -0.05) is 54.1 Å². The molecule has 3 aromatic rings. The Bertz CT molecular complexity index is 1200. The maximum atomic E-state index is 13.8. The second kappa shape index (κ2) is 11.8. The number of esters is 1. The molecule has 0 radical (unpaired) electrons. The minimum absolute atomic E-state index is 0.255. The smallest absolute Gasteiger partial charge is 0.303 e. The van der Waals surface area contributed by atoms with Crippen LogP contribution in [-0.4, -0.2) is 50.1 Å². The molecule has 0 fully saturated rings. The summed E-state index contributed by atoms with van der Waals surface area (Å²) in [6.07, 6.45) is -0.989. The molecule has 0 spiro atoms. The minimum Gasteiger partial charge on any atom is -0.489 e. The van der Waals surface area contributed by atoms with E-state index >= 15 is 0 Å². The molecule has 1 aliphatic rings. The molecular formula is C28H29ClN2O4S. The zero-order valence-corrected chi connectivity index (χ0v) is 22.1. The number of rotatable bonds is 8. The largest absolute Gasteiger partial charge is 0.489 e. The summed E-state index contributed by atoms with van der Waals surface area (Å²) in [5, 5.41) is 0.127. The zero-order valence-electron chi connectivity index (χ0n) is 20.5. The third-order valence-electron chi connectivity index (χ3n) is 5.77. The number of hydrogen-bond acceptors (Lipinski definition) is 6. The van der Waals surface area contributed by atoms with E-state index in [4.69, 9.17) is 21.1 Å². The van der Waals surface area contributed by atoms with Crippen LogP contribution >= 0.6 is 23.4 Å². The molecule has 0 bridgehead atoms. The molecule has 2 atom stereocenters. The summed E-state index contributed by atoms with van der Waals surface area (Å²) in [4.78, 5) is 30.4. The molecule has 0 saturated heterocycles. The van der Waals surface area contributed by atoms with Crippen LogP contribution in [0, 0.1) is 0 Å².